The van der Waals surface area contributed by atoms with Crippen LogP contribution in [0.3, 0.4) is 0 Å². The lowest BCUT2D eigenvalue weighted by atomic mass is 10.1. The van der Waals surface area contributed by atoms with Crippen molar-refractivity contribution in [3.8, 4) is 0 Å². The quantitative estimate of drug-likeness (QED) is 0.851. The molecule has 1 aromatic heterocycles. The minimum atomic E-state index is 0.265. The van der Waals surface area contributed by atoms with Crippen LogP contribution in [-0.4, -0.2) is 59.5 Å². The number of aromatic nitrogens is 1. The Morgan fingerprint density at radius 3 is 2.62 bits per heavy atom. The summed E-state index contributed by atoms with van der Waals surface area (Å²) in [5.41, 5.74) is 3.86. The summed E-state index contributed by atoms with van der Waals surface area (Å²) in [7, 11) is 0. The van der Waals surface area contributed by atoms with Crippen LogP contribution in [-0.2, 0) is 11.3 Å². The van der Waals surface area contributed by atoms with Gasteiger partial charge in [0.05, 0.1) is 6.54 Å². The van der Waals surface area contributed by atoms with Crippen molar-refractivity contribution in [1.82, 2.24) is 14.4 Å². The molecule has 3 heterocycles. The van der Waals surface area contributed by atoms with Gasteiger partial charge in [0.2, 0.25) is 5.91 Å². The highest BCUT2D eigenvalue weighted by Crippen LogP contribution is 2.25. The highest BCUT2D eigenvalue weighted by atomic mass is 16.2. The van der Waals surface area contributed by atoms with Gasteiger partial charge in [-0.2, -0.15) is 0 Å². The lowest BCUT2D eigenvalue weighted by Crippen LogP contribution is -2.52. The van der Waals surface area contributed by atoms with Gasteiger partial charge in [-0.25, -0.2) is 0 Å². The van der Waals surface area contributed by atoms with Gasteiger partial charge >= 0.3 is 0 Å². The number of piperazine rings is 1. The normalized spacial score (nSPS) is 20.9. The molecular formula is C21H28N4O. The number of anilines is 1. The highest BCUT2D eigenvalue weighted by Gasteiger charge is 2.28. The summed E-state index contributed by atoms with van der Waals surface area (Å²) < 4.78 is 2.30. The molecule has 0 N–H and O–H groups in total. The fourth-order valence-electron chi connectivity index (χ4n) is 4.16. The Morgan fingerprint density at radius 1 is 1.04 bits per heavy atom. The van der Waals surface area contributed by atoms with E-state index < -0.39 is 0 Å². The summed E-state index contributed by atoms with van der Waals surface area (Å²) in [6.45, 7) is 10.2. The summed E-state index contributed by atoms with van der Waals surface area (Å²) in [4.78, 5) is 19.5. The monoisotopic (exact) mass is 352 g/mol. The van der Waals surface area contributed by atoms with Gasteiger partial charge < -0.3 is 14.4 Å². The van der Waals surface area contributed by atoms with Gasteiger partial charge in [-0.05, 0) is 43.7 Å². The Bertz CT molecular complexity index is 776. The van der Waals surface area contributed by atoms with E-state index in [0.29, 0.717) is 12.6 Å². The van der Waals surface area contributed by atoms with Crippen molar-refractivity contribution >= 4 is 11.6 Å². The van der Waals surface area contributed by atoms with E-state index >= 15 is 0 Å². The summed E-state index contributed by atoms with van der Waals surface area (Å²) in [5, 5.41) is 0. The van der Waals surface area contributed by atoms with Gasteiger partial charge in [-0.1, -0.05) is 12.1 Å². The molecule has 2 aromatic rings. The first kappa shape index (κ1) is 17.2. The smallest absolute Gasteiger partial charge is 0.236 e. The molecule has 4 rings (SSSR count). The summed E-state index contributed by atoms with van der Waals surface area (Å²) in [6.07, 6.45) is 2.13. The molecule has 2 aliphatic rings. The van der Waals surface area contributed by atoms with E-state index in [1.807, 2.05) is 4.90 Å². The second-order valence-electron chi connectivity index (χ2n) is 7.48. The first-order valence-corrected chi connectivity index (χ1v) is 9.60. The predicted molar refractivity (Wildman–Crippen MR) is 104 cm³/mol. The van der Waals surface area contributed by atoms with Crippen LogP contribution in [0.4, 0.5) is 5.69 Å². The molecule has 1 atom stereocenters. The van der Waals surface area contributed by atoms with Gasteiger partial charge in [0.25, 0.3) is 0 Å². The molecule has 0 aliphatic carbocycles. The third-order valence-corrected chi connectivity index (χ3v) is 5.81. The molecule has 0 radical (unpaired) electrons. The Hall–Kier alpha value is -2.27. The molecular weight excluding hydrogens is 324 g/mol. The van der Waals surface area contributed by atoms with Crippen LogP contribution in [0.1, 0.15) is 24.2 Å². The van der Waals surface area contributed by atoms with Crippen molar-refractivity contribution in [1.29, 1.82) is 0 Å². The molecule has 1 aromatic carbocycles. The largest absolute Gasteiger partial charge is 0.368 e. The maximum absolute atomic E-state index is 12.8. The zero-order valence-corrected chi connectivity index (χ0v) is 15.8. The molecule has 0 bridgehead atoms. The minimum absolute atomic E-state index is 0.265. The molecule has 0 saturated carbocycles. The number of carbonyl (C=O) groups excluding carboxylic acids is 1. The Balaban J connectivity index is 1.33. The van der Waals surface area contributed by atoms with Crippen LogP contribution < -0.4 is 4.90 Å². The van der Waals surface area contributed by atoms with Crippen LogP contribution in [0, 0.1) is 6.92 Å². The molecule has 0 spiro atoms. The van der Waals surface area contributed by atoms with E-state index in [0.717, 1.165) is 39.3 Å². The molecule has 5 heteroatoms. The van der Waals surface area contributed by atoms with Gasteiger partial charge in [0.1, 0.15) is 0 Å². The maximum atomic E-state index is 12.8. The predicted octanol–water partition coefficient (Wildman–Crippen LogP) is 2.52. The Morgan fingerprint density at radius 2 is 1.85 bits per heavy atom. The third-order valence-electron chi connectivity index (χ3n) is 5.81. The number of nitrogens with zero attached hydrogens (tertiary/aromatic N) is 4. The lowest BCUT2D eigenvalue weighted by molar-refractivity contribution is -0.133. The Kier molecular flexibility index (Phi) is 4.72. The number of fused-ring (bicyclic) bond motifs is 1. The van der Waals surface area contributed by atoms with Crippen LogP contribution in [0.5, 0.6) is 0 Å². The zero-order chi connectivity index (χ0) is 18.1. The van der Waals surface area contributed by atoms with E-state index in [4.69, 9.17) is 0 Å². The van der Waals surface area contributed by atoms with E-state index in [2.05, 4.69) is 70.8 Å². The van der Waals surface area contributed by atoms with Crippen molar-refractivity contribution in [2.75, 3.05) is 44.2 Å². The Labute approximate surface area is 155 Å². The van der Waals surface area contributed by atoms with Crippen LogP contribution >= 0.6 is 0 Å². The molecule has 1 unspecified atom stereocenters. The first-order chi connectivity index (χ1) is 12.6. The molecule has 1 fully saturated rings. The molecule has 2 aliphatic heterocycles. The average molecular weight is 352 g/mol. The molecule has 1 amide bonds. The fraction of sp³-hybridized carbons (Fsp3) is 0.476. The van der Waals surface area contributed by atoms with Crippen molar-refractivity contribution in [2.24, 2.45) is 0 Å². The molecule has 1 saturated heterocycles. The topological polar surface area (TPSA) is 31.7 Å². The van der Waals surface area contributed by atoms with Crippen LogP contribution in [0.25, 0.3) is 0 Å². The zero-order valence-electron chi connectivity index (χ0n) is 15.8. The lowest BCUT2D eigenvalue weighted by Gasteiger charge is -2.39. The van der Waals surface area contributed by atoms with Crippen molar-refractivity contribution in [2.45, 2.75) is 26.4 Å². The van der Waals surface area contributed by atoms with E-state index in [1.54, 1.807) is 0 Å². The standard InChI is InChI=1S/C21H28N4O/c1-17-5-3-6-19(15-17)22-9-12-24(13-10-22)21(26)16-25-14-11-23-8-4-7-20(23)18(25)2/h3-8,15,18H,9-14,16H2,1-2H3. The van der Waals surface area contributed by atoms with Gasteiger partial charge in [0, 0.05) is 62.9 Å². The number of hydrogen-bond donors (Lipinski definition) is 0. The van der Waals surface area contributed by atoms with Gasteiger partial charge in [-0.15, -0.1) is 0 Å². The molecule has 5 nitrogen and oxygen atoms in total. The maximum Gasteiger partial charge on any atom is 0.236 e. The van der Waals surface area contributed by atoms with Crippen LogP contribution in [0.2, 0.25) is 0 Å². The highest BCUT2D eigenvalue weighted by molar-refractivity contribution is 5.78. The summed E-state index contributed by atoms with van der Waals surface area (Å²) in [6, 6.07) is 13.2. The van der Waals surface area contributed by atoms with Gasteiger partial charge in [0.15, 0.2) is 0 Å². The van der Waals surface area contributed by atoms with E-state index in [1.165, 1.54) is 16.9 Å². The SMILES string of the molecule is Cc1cccc(N2CCN(C(=O)CN3CCn4cccc4C3C)CC2)c1. The minimum Gasteiger partial charge on any atom is -0.368 e. The molecule has 138 valence electrons. The second-order valence-corrected chi connectivity index (χ2v) is 7.48. The van der Waals surface area contributed by atoms with Crippen molar-refractivity contribution < 1.29 is 4.79 Å². The fourth-order valence-corrected chi connectivity index (χ4v) is 4.16. The summed E-state index contributed by atoms with van der Waals surface area (Å²) in [5.74, 6) is 0.265. The third kappa shape index (κ3) is 3.36. The second kappa shape index (κ2) is 7.16. The van der Waals surface area contributed by atoms with E-state index in [9.17, 15) is 4.79 Å². The van der Waals surface area contributed by atoms with Crippen LogP contribution in [0.15, 0.2) is 42.6 Å². The average Bonchev–Trinajstić information content (AvgIpc) is 3.14. The van der Waals surface area contributed by atoms with Crippen molar-refractivity contribution in [3.63, 3.8) is 0 Å². The number of rotatable bonds is 3. The van der Waals surface area contributed by atoms with Gasteiger partial charge in [-0.3, -0.25) is 9.69 Å². The number of hydrogen-bond acceptors (Lipinski definition) is 3. The number of amides is 1. The van der Waals surface area contributed by atoms with E-state index in [-0.39, 0.29) is 5.91 Å². The number of aryl methyl sites for hydroxylation is 1. The first-order valence-electron chi connectivity index (χ1n) is 9.60. The molecule has 26 heavy (non-hydrogen) atoms. The number of benzene rings is 1. The van der Waals surface area contributed by atoms with Crippen molar-refractivity contribution in [3.05, 3.63) is 53.9 Å². The summed E-state index contributed by atoms with van der Waals surface area (Å²) >= 11 is 0. The number of carbonyl (C=O) groups is 1.